The molecule has 1 heterocycles. The van der Waals surface area contributed by atoms with Gasteiger partial charge in [-0.25, -0.2) is 0 Å². The van der Waals surface area contributed by atoms with Crippen LogP contribution in [-0.4, -0.2) is 66.3 Å². The van der Waals surface area contributed by atoms with E-state index in [4.69, 9.17) is 23.7 Å². The van der Waals surface area contributed by atoms with E-state index in [-0.39, 0.29) is 6.61 Å². The molecule has 10 heteroatoms. The number of rotatable bonds is 5. The van der Waals surface area contributed by atoms with E-state index < -0.39 is 54.6 Å². The number of aliphatic hydroxyl groups is 1. The van der Waals surface area contributed by atoms with Gasteiger partial charge in [-0.3, -0.25) is 19.2 Å². The van der Waals surface area contributed by atoms with Gasteiger partial charge in [-0.1, -0.05) is 0 Å². The molecule has 0 aromatic rings. The number of esters is 4. The van der Waals surface area contributed by atoms with E-state index >= 15 is 0 Å². The molecule has 3 unspecified atom stereocenters. The third-order valence-corrected chi connectivity index (χ3v) is 2.95. The van der Waals surface area contributed by atoms with Crippen molar-refractivity contribution < 1.29 is 48.0 Å². The molecule has 1 saturated heterocycles. The third-order valence-electron chi connectivity index (χ3n) is 2.95. The molecule has 1 aliphatic rings. The van der Waals surface area contributed by atoms with Crippen molar-refractivity contribution >= 4 is 23.9 Å². The smallest absolute Gasteiger partial charge is 0.305 e. The summed E-state index contributed by atoms with van der Waals surface area (Å²) in [6.07, 6.45) is -6.83. The van der Waals surface area contributed by atoms with E-state index in [9.17, 15) is 24.3 Å². The average molecular weight is 348 g/mol. The van der Waals surface area contributed by atoms with E-state index in [0.717, 1.165) is 27.7 Å². The molecule has 1 N–H and O–H groups in total. The minimum absolute atomic E-state index is 0.366. The first-order valence-electron chi connectivity index (χ1n) is 7.10. The molecule has 0 radical (unpaired) electrons. The van der Waals surface area contributed by atoms with Gasteiger partial charge in [0.1, 0.15) is 12.7 Å². The predicted octanol–water partition coefficient (Wildman–Crippen LogP) is -0.938. The molecular weight excluding hydrogens is 328 g/mol. The lowest BCUT2D eigenvalue weighted by Crippen LogP contribution is -2.62. The first-order valence-corrected chi connectivity index (χ1v) is 7.10. The number of ether oxygens (including phenoxy) is 5. The summed E-state index contributed by atoms with van der Waals surface area (Å²) in [5.74, 6) is -2.87. The average Bonchev–Trinajstić information content (AvgIpc) is 2.42. The van der Waals surface area contributed by atoms with Crippen LogP contribution in [0.15, 0.2) is 0 Å². The molecule has 1 fully saturated rings. The highest BCUT2D eigenvalue weighted by atomic mass is 16.7. The number of hydrogen-bond donors (Lipinski definition) is 1. The van der Waals surface area contributed by atoms with E-state index in [1.807, 2.05) is 0 Å². The van der Waals surface area contributed by atoms with Gasteiger partial charge in [0.05, 0.1) is 0 Å². The van der Waals surface area contributed by atoms with Crippen LogP contribution in [0, 0.1) is 0 Å². The quantitative estimate of drug-likeness (QED) is 0.490. The second-order valence-electron chi connectivity index (χ2n) is 5.09. The highest BCUT2D eigenvalue weighted by Crippen LogP contribution is 2.27. The van der Waals surface area contributed by atoms with Crippen LogP contribution in [0.5, 0.6) is 0 Å². The van der Waals surface area contributed by atoms with Gasteiger partial charge < -0.3 is 28.8 Å². The second-order valence-corrected chi connectivity index (χ2v) is 5.09. The predicted molar refractivity (Wildman–Crippen MR) is 74.2 cm³/mol. The van der Waals surface area contributed by atoms with Gasteiger partial charge in [0.25, 0.3) is 0 Å². The normalized spacial score (nSPS) is 29.3. The van der Waals surface area contributed by atoms with E-state index in [0.29, 0.717) is 0 Å². The SMILES string of the molecule is CC(=O)OCC1O[C@H](OC(C)=O)C(O)C(OC(C)=O)[C@H]1OC(C)=O. The van der Waals surface area contributed by atoms with Crippen molar-refractivity contribution in [3.05, 3.63) is 0 Å². The maximum Gasteiger partial charge on any atom is 0.305 e. The van der Waals surface area contributed by atoms with Gasteiger partial charge in [-0.15, -0.1) is 0 Å². The molecule has 0 bridgehead atoms. The van der Waals surface area contributed by atoms with Crippen LogP contribution < -0.4 is 0 Å². The van der Waals surface area contributed by atoms with Gasteiger partial charge in [0, 0.05) is 27.7 Å². The van der Waals surface area contributed by atoms with Gasteiger partial charge in [0.15, 0.2) is 18.3 Å². The van der Waals surface area contributed by atoms with Gasteiger partial charge in [-0.05, 0) is 0 Å². The zero-order chi connectivity index (χ0) is 18.4. The fraction of sp³-hybridized carbons (Fsp3) is 0.714. The molecule has 0 saturated carbocycles. The summed E-state index contributed by atoms with van der Waals surface area (Å²) < 4.78 is 25.0. The fourth-order valence-corrected chi connectivity index (χ4v) is 2.15. The molecule has 24 heavy (non-hydrogen) atoms. The van der Waals surface area contributed by atoms with E-state index in [2.05, 4.69) is 0 Å². The Kier molecular flexibility index (Phi) is 7.11. The Balaban J connectivity index is 3.08. The standard InChI is InChI=1S/C14H20O10/c1-6(15)20-5-10-12(21-7(2)16)13(22-8(3)17)11(19)14(24-10)23-9(4)18/h10-14,19H,5H2,1-4H3/t10?,11?,12-,13?,14-/m0/s1. The van der Waals surface area contributed by atoms with Crippen molar-refractivity contribution in [2.45, 2.75) is 58.4 Å². The minimum atomic E-state index is -1.60. The van der Waals surface area contributed by atoms with Crippen molar-refractivity contribution in [3.8, 4) is 0 Å². The topological polar surface area (TPSA) is 135 Å². The minimum Gasteiger partial charge on any atom is -0.463 e. The summed E-state index contributed by atoms with van der Waals surface area (Å²) >= 11 is 0. The maximum atomic E-state index is 11.3. The monoisotopic (exact) mass is 348 g/mol. The molecule has 10 nitrogen and oxygen atoms in total. The Morgan fingerprint density at radius 1 is 0.833 bits per heavy atom. The molecule has 0 amide bonds. The maximum absolute atomic E-state index is 11.3. The molecule has 0 spiro atoms. The third kappa shape index (κ3) is 5.78. The number of hydrogen-bond acceptors (Lipinski definition) is 10. The Hall–Kier alpha value is -2.20. The van der Waals surface area contributed by atoms with Gasteiger partial charge in [0.2, 0.25) is 6.29 Å². The molecule has 5 atom stereocenters. The number of carbonyl (C=O) groups is 4. The largest absolute Gasteiger partial charge is 0.463 e. The first-order chi connectivity index (χ1) is 11.1. The highest BCUT2D eigenvalue weighted by Gasteiger charge is 2.51. The summed E-state index contributed by atoms with van der Waals surface area (Å²) in [5, 5.41) is 10.2. The number of aliphatic hydroxyl groups excluding tert-OH is 1. The molecule has 0 aromatic heterocycles. The van der Waals surface area contributed by atoms with Crippen LogP contribution in [0.4, 0.5) is 0 Å². The Morgan fingerprint density at radius 2 is 1.33 bits per heavy atom. The van der Waals surface area contributed by atoms with E-state index in [1.54, 1.807) is 0 Å². The molecule has 1 aliphatic heterocycles. The summed E-state index contributed by atoms with van der Waals surface area (Å²) in [6, 6.07) is 0. The summed E-state index contributed by atoms with van der Waals surface area (Å²) in [5.41, 5.74) is 0. The summed E-state index contributed by atoms with van der Waals surface area (Å²) in [7, 11) is 0. The van der Waals surface area contributed by atoms with Crippen molar-refractivity contribution in [3.63, 3.8) is 0 Å². The first kappa shape index (κ1) is 19.8. The van der Waals surface area contributed by atoms with Crippen LogP contribution in [0.2, 0.25) is 0 Å². The molecule has 0 aromatic carbocycles. The van der Waals surface area contributed by atoms with E-state index in [1.165, 1.54) is 0 Å². The van der Waals surface area contributed by atoms with Crippen LogP contribution in [0.25, 0.3) is 0 Å². The van der Waals surface area contributed by atoms with Crippen LogP contribution in [0.3, 0.4) is 0 Å². The van der Waals surface area contributed by atoms with Crippen molar-refractivity contribution in [1.82, 2.24) is 0 Å². The van der Waals surface area contributed by atoms with Crippen molar-refractivity contribution in [2.24, 2.45) is 0 Å². The lowest BCUT2D eigenvalue weighted by Gasteiger charge is -2.42. The number of carbonyl (C=O) groups excluding carboxylic acids is 4. The summed E-state index contributed by atoms with van der Waals surface area (Å²) in [6.45, 7) is 4.09. The van der Waals surface area contributed by atoms with Gasteiger partial charge >= 0.3 is 23.9 Å². The second kappa shape index (κ2) is 8.60. The lowest BCUT2D eigenvalue weighted by molar-refractivity contribution is -0.297. The van der Waals surface area contributed by atoms with Crippen molar-refractivity contribution in [2.75, 3.05) is 6.61 Å². The van der Waals surface area contributed by atoms with Crippen LogP contribution in [-0.2, 0) is 42.9 Å². The Bertz CT molecular complexity index is 486. The van der Waals surface area contributed by atoms with Crippen molar-refractivity contribution in [1.29, 1.82) is 0 Å². The molecule has 136 valence electrons. The Morgan fingerprint density at radius 3 is 1.79 bits per heavy atom. The molecule has 0 aliphatic carbocycles. The molecular formula is C14H20O10. The zero-order valence-electron chi connectivity index (χ0n) is 13.7. The molecule has 1 rings (SSSR count). The highest BCUT2D eigenvalue weighted by molar-refractivity contribution is 5.68. The van der Waals surface area contributed by atoms with Crippen LogP contribution in [0.1, 0.15) is 27.7 Å². The van der Waals surface area contributed by atoms with Crippen LogP contribution >= 0.6 is 0 Å². The fourth-order valence-electron chi connectivity index (χ4n) is 2.15. The van der Waals surface area contributed by atoms with Gasteiger partial charge in [-0.2, -0.15) is 0 Å². The Labute approximate surface area is 137 Å². The summed E-state index contributed by atoms with van der Waals surface area (Å²) in [4.78, 5) is 44.7. The zero-order valence-corrected chi connectivity index (χ0v) is 13.7. The lowest BCUT2D eigenvalue weighted by atomic mass is 9.98.